The van der Waals surface area contributed by atoms with E-state index in [0.29, 0.717) is 38.3 Å². The van der Waals surface area contributed by atoms with E-state index in [1.165, 1.54) is 12.3 Å². The lowest BCUT2D eigenvalue weighted by molar-refractivity contribution is -0.139. The molecular formula is C23H21Cl3N4O4S. The van der Waals surface area contributed by atoms with Crippen molar-refractivity contribution in [3.05, 3.63) is 73.9 Å². The molecule has 2 aromatic rings. The lowest BCUT2D eigenvalue weighted by Gasteiger charge is -2.30. The second-order valence-electron chi connectivity index (χ2n) is 7.20. The Morgan fingerprint density at radius 1 is 1.23 bits per heavy atom. The molecule has 184 valence electrons. The first kappa shape index (κ1) is 26.7. The van der Waals surface area contributed by atoms with E-state index < -0.39 is 17.9 Å². The number of benzene rings is 2. The van der Waals surface area contributed by atoms with Gasteiger partial charge in [0, 0.05) is 21.8 Å². The molecule has 0 saturated carbocycles. The van der Waals surface area contributed by atoms with Crippen molar-refractivity contribution in [3.8, 4) is 5.75 Å². The van der Waals surface area contributed by atoms with Gasteiger partial charge in [-0.1, -0.05) is 53.0 Å². The van der Waals surface area contributed by atoms with Crippen LogP contribution >= 0.6 is 47.0 Å². The SMILES string of the molecule is CCOC(=O)C1=C(C)NC(=S)N[C@H]1c1ccccc1OCC(=O)NN=Cc1cc(Cl)cc(Cl)c1Cl. The smallest absolute Gasteiger partial charge is 0.338 e. The maximum atomic E-state index is 12.6. The number of nitrogens with zero attached hydrogens (tertiary/aromatic N) is 1. The zero-order valence-electron chi connectivity index (χ0n) is 18.7. The van der Waals surface area contributed by atoms with Gasteiger partial charge in [0.05, 0.1) is 34.5 Å². The summed E-state index contributed by atoms with van der Waals surface area (Å²) >= 11 is 23.3. The first-order valence-electron chi connectivity index (χ1n) is 10.3. The molecule has 2 aromatic carbocycles. The van der Waals surface area contributed by atoms with Gasteiger partial charge in [-0.25, -0.2) is 10.2 Å². The van der Waals surface area contributed by atoms with Gasteiger partial charge in [0.2, 0.25) is 0 Å². The largest absolute Gasteiger partial charge is 0.483 e. The summed E-state index contributed by atoms with van der Waals surface area (Å²) in [5.41, 5.74) is 4.34. The van der Waals surface area contributed by atoms with Crippen LogP contribution in [-0.2, 0) is 14.3 Å². The number of thiocarbonyl (C=S) groups is 1. The van der Waals surface area contributed by atoms with E-state index in [1.54, 1.807) is 44.2 Å². The van der Waals surface area contributed by atoms with Crippen molar-refractivity contribution >= 4 is 70.2 Å². The standard InChI is InChI=1S/C23H21Cl3N4O4S/c1-3-33-22(32)19-12(2)28-23(35)29-21(19)15-6-4-5-7-17(15)34-11-18(31)30-27-10-13-8-14(24)9-16(25)20(13)26/h4-10,21H,3,11H2,1-2H3,(H,30,31)(H2,28,29,35)/t21-/m0/s1. The highest BCUT2D eigenvalue weighted by molar-refractivity contribution is 7.80. The molecule has 0 aliphatic carbocycles. The van der Waals surface area contributed by atoms with Crippen LogP contribution in [0.2, 0.25) is 15.1 Å². The number of esters is 1. The number of halogens is 3. The first-order valence-corrected chi connectivity index (χ1v) is 11.9. The van der Waals surface area contributed by atoms with Crippen LogP contribution in [0.5, 0.6) is 5.75 Å². The summed E-state index contributed by atoms with van der Waals surface area (Å²) in [6.45, 7) is 3.34. The van der Waals surface area contributed by atoms with Crippen molar-refractivity contribution < 1.29 is 19.1 Å². The molecule has 1 heterocycles. The highest BCUT2D eigenvalue weighted by atomic mass is 35.5. The topological polar surface area (TPSA) is 101 Å². The molecule has 1 aliphatic rings. The van der Waals surface area contributed by atoms with Gasteiger partial charge in [-0.05, 0) is 44.3 Å². The molecule has 0 bridgehead atoms. The van der Waals surface area contributed by atoms with Crippen LogP contribution in [0.1, 0.15) is 31.0 Å². The van der Waals surface area contributed by atoms with Crippen molar-refractivity contribution in [3.63, 3.8) is 0 Å². The van der Waals surface area contributed by atoms with Crippen molar-refractivity contribution in [2.45, 2.75) is 19.9 Å². The first-order chi connectivity index (χ1) is 16.7. The second-order valence-corrected chi connectivity index (χ2v) is 8.83. The molecule has 0 fully saturated rings. The summed E-state index contributed by atoms with van der Waals surface area (Å²) < 4.78 is 11.0. The summed E-state index contributed by atoms with van der Waals surface area (Å²) in [4.78, 5) is 24.9. The second kappa shape index (κ2) is 12.2. The normalized spacial score (nSPS) is 15.5. The molecule has 3 rings (SSSR count). The molecule has 1 atom stereocenters. The van der Waals surface area contributed by atoms with Crippen LogP contribution in [0.25, 0.3) is 0 Å². The van der Waals surface area contributed by atoms with E-state index in [2.05, 4.69) is 21.2 Å². The maximum Gasteiger partial charge on any atom is 0.338 e. The third-order valence-corrected chi connectivity index (χ3v) is 6.02. The summed E-state index contributed by atoms with van der Waals surface area (Å²) in [7, 11) is 0. The van der Waals surface area contributed by atoms with Crippen molar-refractivity contribution in [1.29, 1.82) is 0 Å². The zero-order valence-corrected chi connectivity index (χ0v) is 21.7. The quantitative estimate of drug-likeness (QED) is 0.145. The Labute approximate surface area is 222 Å². The van der Waals surface area contributed by atoms with Crippen molar-refractivity contribution in [1.82, 2.24) is 16.1 Å². The third kappa shape index (κ3) is 6.85. The fraction of sp³-hybridized carbons (Fsp3) is 0.217. The molecular weight excluding hydrogens is 535 g/mol. The minimum Gasteiger partial charge on any atom is -0.483 e. The average molecular weight is 556 g/mol. The van der Waals surface area contributed by atoms with Gasteiger partial charge >= 0.3 is 5.97 Å². The average Bonchev–Trinajstić information content (AvgIpc) is 2.80. The molecule has 0 unspecified atom stereocenters. The van der Waals surface area contributed by atoms with Gasteiger partial charge in [-0.2, -0.15) is 5.10 Å². The van der Waals surface area contributed by atoms with E-state index >= 15 is 0 Å². The molecule has 3 N–H and O–H groups in total. The van der Waals surface area contributed by atoms with Gasteiger partial charge in [-0.3, -0.25) is 4.79 Å². The molecule has 1 amide bonds. The monoisotopic (exact) mass is 554 g/mol. The molecule has 0 aromatic heterocycles. The van der Waals surface area contributed by atoms with E-state index in [9.17, 15) is 9.59 Å². The number of carbonyl (C=O) groups excluding carboxylic acids is 2. The fourth-order valence-corrected chi connectivity index (χ4v) is 4.21. The van der Waals surface area contributed by atoms with Gasteiger partial charge in [-0.15, -0.1) is 0 Å². The molecule has 35 heavy (non-hydrogen) atoms. The maximum absolute atomic E-state index is 12.6. The number of para-hydroxylation sites is 1. The third-order valence-electron chi connectivity index (χ3n) is 4.77. The van der Waals surface area contributed by atoms with E-state index in [0.717, 1.165) is 0 Å². The minimum atomic E-state index is -0.630. The predicted octanol–water partition coefficient (Wildman–Crippen LogP) is 4.53. The van der Waals surface area contributed by atoms with Crippen LogP contribution in [-0.4, -0.2) is 36.4 Å². The predicted molar refractivity (Wildman–Crippen MR) is 140 cm³/mol. The number of hydrazone groups is 1. The summed E-state index contributed by atoms with van der Waals surface area (Å²) in [6, 6.07) is 9.43. The van der Waals surface area contributed by atoms with Gasteiger partial charge in [0.1, 0.15) is 5.75 Å². The Hall–Kier alpha value is -2.85. The highest BCUT2D eigenvalue weighted by Gasteiger charge is 2.32. The number of allylic oxidation sites excluding steroid dienone is 1. The van der Waals surface area contributed by atoms with E-state index in [4.69, 9.17) is 56.5 Å². The number of amides is 1. The Morgan fingerprint density at radius 3 is 2.71 bits per heavy atom. The molecule has 0 radical (unpaired) electrons. The van der Waals surface area contributed by atoms with Crippen LogP contribution in [0, 0.1) is 0 Å². The summed E-state index contributed by atoms with van der Waals surface area (Å²) in [5.74, 6) is -0.626. The molecule has 0 saturated heterocycles. The number of ether oxygens (including phenoxy) is 2. The minimum absolute atomic E-state index is 0.220. The Bertz CT molecular complexity index is 1220. The van der Waals surface area contributed by atoms with Crippen LogP contribution in [0.4, 0.5) is 0 Å². The molecule has 8 nitrogen and oxygen atoms in total. The van der Waals surface area contributed by atoms with E-state index in [1.807, 2.05) is 0 Å². The number of hydrogen-bond donors (Lipinski definition) is 3. The fourth-order valence-electron chi connectivity index (χ4n) is 3.28. The number of rotatable bonds is 8. The lowest BCUT2D eigenvalue weighted by atomic mass is 9.95. The number of hydrogen-bond acceptors (Lipinski definition) is 6. The Kier molecular flexibility index (Phi) is 9.33. The van der Waals surface area contributed by atoms with Crippen LogP contribution < -0.4 is 20.8 Å². The number of carbonyl (C=O) groups is 2. The molecule has 12 heteroatoms. The van der Waals surface area contributed by atoms with Gasteiger partial charge in [0.25, 0.3) is 5.91 Å². The molecule has 1 aliphatic heterocycles. The Morgan fingerprint density at radius 2 is 1.97 bits per heavy atom. The van der Waals surface area contributed by atoms with Gasteiger partial charge < -0.3 is 20.1 Å². The Balaban J connectivity index is 1.73. The van der Waals surface area contributed by atoms with E-state index in [-0.39, 0.29) is 23.3 Å². The van der Waals surface area contributed by atoms with Crippen molar-refractivity contribution in [2.75, 3.05) is 13.2 Å². The van der Waals surface area contributed by atoms with Crippen LogP contribution in [0.3, 0.4) is 0 Å². The lowest BCUT2D eigenvalue weighted by Crippen LogP contribution is -2.45. The summed E-state index contributed by atoms with van der Waals surface area (Å²) in [6.07, 6.45) is 1.32. The van der Waals surface area contributed by atoms with Crippen LogP contribution in [0.15, 0.2) is 52.8 Å². The zero-order chi connectivity index (χ0) is 25.5. The van der Waals surface area contributed by atoms with Gasteiger partial charge in [0.15, 0.2) is 11.7 Å². The van der Waals surface area contributed by atoms with Crippen molar-refractivity contribution in [2.24, 2.45) is 5.10 Å². The summed E-state index contributed by atoms with van der Waals surface area (Å²) in [5, 5.41) is 11.1. The highest BCUT2D eigenvalue weighted by Crippen LogP contribution is 2.33. The molecule has 0 spiro atoms. The number of nitrogens with one attached hydrogen (secondary N) is 3.